The highest BCUT2D eigenvalue weighted by atomic mass is 16.3. The van der Waals surface area contributed by atoms with E-state index in [1.54, 1.807) is 6.08 Å². The first-order valence-corrected chi connectivity index (χ1v) is 3.00. The second kappa shape index (κ2) is 5.75. The van der Waals surface area contributed by atoms with Gasteiger partial charge in [0.15, 0.2) is 0 Å². The summed E-state index contributed by atoms with van der Waals surface area (Å²) >= 11 is 0. The van der Waals surface area contributed by atoms with Crippen molar-refractivity contribution >= 4 is 0 Å². The molecule has 0 bridgehead atoms. The molecular weight excluding hydrogens is 116 g/mol. The number of nitrogens with two attached hydrogens (primary N) is 1. The van der Waals surface area contributed by atoms with Crippen LogP contribution in [0, 0.1) is 0 Å². The van der Waals surface area contributed by atoms with Gasteiger partial charge < -0.3 is 16.2 Å². The van der Waals surface area contributed by atoms with Crippen molar-refractivity contribution in [1.82, 2.24) is 5.32 Å². The largest absolute Gasteiger partial charge is 0.395 e. The molecule has 1 atom stereocenters. The third-order valence-electron chi connectivity index (χ3n) is 1.06. The van der Waals surface area contributed by atoms with Crippen LogP contribution in [0.3, 0.4) is 0 Å². The third kappa shape index (κ3) is 4.14. The van der Waals surface area contributed by atoms with Crippen molar-refractivity contribution in [2.75, 3.05) is 19.7 Å². The number of nitrogens with one attached hydrogen (secondary N) is 1. The lowest BCUT2D eigenvalue weighted by molar-refractivity contribution is 0.249. The molecular formula is C6H14N2O. The Bertz CT molecular complexity index is 71.5. The lowest BCUT2D eigenvalue weighted by atomic mass is 10.3. The predicted octanol–water partition coefficient (Wildman–Crippen LogP) is -0.918. The summed E-state index contributed by atoms with van der Waals surface area (Å²) in [4.78, 5) is 0. The van der Waals surface area contributed by atoms with Crippen LogP contribution in [0.2, 0.25) is 0 Å². The number of aliphatic hydroxyl groups excluding tert-OH is 1. The average Bonchev–Trinajstić information content (AvgIpc) is 1.91. The monoisotopic (exact) mass is 130 g/mol. The van der Waals surface area contributed by atoms with Gasteiger partial charge in [0.05, 0.1) is 6.61 Å². The minimum Gasteiger partial charge on any atom is -0.395 e. The molecule has 1 unspecified atom stereocenters. The Morgan fingerprint density at radius 1 is 1.78 bits per heavy atom. The highest BCUT2D eigenvalue weighted by Gasteiger charge is 1.99. The Hall–Kier alpha value is -0.380. The van der Waals surface area contributed by atoms with E-state index in [-0.39, 0.29) is 12.6 Å². The van der Waals surface area contributed by atoms with E-state index in [4.69, 9.17) is 10.8 Å². The van der Waals surface area contributed by atoms with Crippen LogP contribution in [0.15, 0.2) is 12.7 Å². The molecule has 0 aromatic rings. The first-order chi connectivity index (χ1) is 4.35. The van der Waals surface area contributed by atoms with Gasteiger partial charge in [0.2, 0.25) is 0 Å². The fraction of sp³-hybridized carbons (Fsp3) is 0.667. The summed E-state index contributed by atoms with van der Waals surface area (Å²) in [6.45, 7) is 4.76. The molecule has 4 N–H and O–H groups in total. The van der Waals surface area contributed by atoms with E-state index < -0.39 is 0 Å². The van der Waals surface area contributed by atoms with Crippen LogP contribution in [-0.4, -0.2) is 30.8 Å². The van der Waals surface area contributed by atoms with Gasteiger partial charge in [0.25, 0.3) is 0 Å². The zero-order valence-corrected chi connectivity index (χ0v) is 5.51. The summed E-state index contributed by atoms with van der Waals surface area (Å²) in [5, 5.41) is 11.6. The number of hydrogen-bond acceptors (Lipinski definition) is 3. The lowest BCUT2D eigenvalue weighted by Gasteiger charge is -2.10. The van der Waals surface area contributed by atoms with E-state index in [0.29, 0.717) is 13.1 Å². The van der Waals surface area contributed by atoms with Crippen LogP contribution >= 0.6 is 0 Å². The van der Waals surface area contributed by atoms with Gasteiger partial charge in [-0.15, -0.1) is 6.58 Å². The number of aliphatic hydroxyl groups is 1. The standard InChI is InChI=1S/C6H14N2O/c1-2-3-8-6(4-7)5-9/h2,6,8-9H,1,3-5,7H2. The van der Waals surface area contributed by atoms with E-state index in [0.717, 1.165) is 0 Å². The Morgan fingerprint density at radius 2 is 2.44 bits per heavy atom. The van der Waals surface area contributed by atoms with Gasteiger partial charge in [-0.1, -0.05) is 6.08 Å². The summed E-state index contributed by atoms with van der Waals surface area (Å²) in [7, 11) is 0. The van der Waals surface area contributed by atoms with Gasteiger partial charge in [-0.25, -0.2) is 0 Å². The summed E-state index contributed by atoms with van der Waals surface area (Å²) < 4.78 is 0. The fourth-order valence-corrected chi connectivity index (χ4v) is 0.472. The Balaban J connectivity index is 3.19. The molecule has 0 saturated carbocycles. The first kappa shape index (κ1) is 8.62. The summed E-state index contributed by atoms with van der Waals surface area (Å²) in [6.07, 6.45) is 1.73. The molecule has 0 aromatic heterocycles. The van der Waals surface area contributed by atoms with E-state index in [9.17, 15) is 0 Å². The zero-order valence-electron chi connectivity index (χ0n) is 5.51. The van der Waals surface area contributed by atoms with E-state index in [2.05, 4.69) is 11.9 Å². The van der Waals surface area contributed by atoms with Crippen molar-refractivity contribution in [1.29, 1.82) is 0 Å². The summed E-state index contributed by atoms with van der Waals surface area (Å²) in [5.41, 5.74) is 5.27. The second-order valence-corrected chi connectivity index (χ2v) is 1.81. The molecule has 0 aliphatic rings. The minimum absolute atomic E-state index is 0.0167. The maximum absolute atomic E-state index is 8.58. The molecule has 0 heterocycles. The highest BCUT2D eigenvalue weighted by Crippen LogP contribution is 1.75. The van der Waals surface area contributed by atoms with Gasteiger partial charge in [-0.05, 0) is 0 Å². The summed E-state index contributed by atoms with van der Waals surface area (Å²) in [6, 6.07) is 0.0167. The van der Waals surface area contributed by atoms with Crippen molar-refractivity contribution in [3.8, 4) is 0 Å². The van der Waals surface area contributed by atoms with Gasteiger partial charge in [-0.3, -0.25) is 0 Å². The molecule has 0 fully saturated rings. The molecule has 0 aliphatic carbocycles. The normalized spacial score (nSPS) is 13.1. The molecule has 0 spiro atoms. The quantitative estimate of drug-likeness (QED) is 0.422. The number of hydrogen-bond donors (Lipinski definition) is 3. The van der Waals surface area contributed by atoms with Gasteiger partial charge in [0.1, 0.15) is 0 Å². The fourth-order valence-electron chi connectivity index (χ4n) is 0.472. The van der Waals surface area contributed by atoms with E-state index in [1.165, 1.54) is 0 Å². The van der Waals surface area contributed by atoms with Crippen LogP contribution in [0.4, 0.5) is 0 Å². The molecule has 54 valence electrons. The van der Waals surface area contributed by atoms with Crippen molar-refractivity contribution in [3.63, 3.8) is 0 Å². The van der Waals surface area contributed by atoms with Crippen LogP contribution < -0.4 is 11.1 Å². The molecule has 0 radical (unpaired) electrons. The molecule has 0 aromatic carbocycles. The average molecular weight is 130 g/mol. The Labute approximate surface area is 55.6 Å². The second-order valence-electron chi connectivity index (χ2n) is 1.81. The SMILES string of the molecule is C=CCNC(CN)CO. The lowest BCUT2D eigenvalue weighted by Crippen LogP contribution is -2.38. The molecule has 0 saturated heterocycles. The van der Waals surface area contributed by atoms with Crippen LogP contribution in [0.5, 0.6) is 0 Å². The Kier molecular flexibility index (Phi) is 5.51. The Morgan fingerprint density at radius 3 is 2.78 bits per heavy atom. The molecule has 9 heavy (non-hydrogen) atoms. The van der Waals surface area contributed by atoms with Crippen LogP contribution in [-0.2, 0) is 0 Å². The topological polar surface area (TPSA) is 58.3 Å². The maximum Gasteiger partial charge on any atom is 0.0597 e. The van der Waals surface area contributed by atoms with Crippen LogP contribution in [0.1, 0.15) is 0 Å². The highest BCUT2D eigenvalue weighted by molar-refractivity contribution is 4.74. The van der Waals surface area contributed by atoms with Crippen molar-refractivity contribution < 1.29 is 5.11 Å². The summed E-state index contributed by atoms with van der Waals surface area (Å²) in [5.74, 6) is 0. The zero-order chi connectivity index (χ0) is 7.11. The molecule has 3 nitrogen and oxygen atoms in total. The molecule has 3 heteroatoms. The minimum atomic E-state index is 0.0167. The van der Waals surface area contributed by atoms with Crippen molar-refractivity contribution in [3.05, 3.63) is 12.7 Å². The van der Waals surface area contributed by atoms with E-state index in [1.807, 2.05) is 0 Å². The van der Waals surface area contributed by atoms with Gasteiger partial charge >= 0.3 is 0 Å². The molecule has 0 amide bonds. The van der Waals surface area contributed by atoms with Gasteiger partial charge in [0, 0.05) is 19.1 Å². The smallest absolute Gasteiger partial charge is 0.0597 e. The first-order valence-electron chi connectivity index (χ1n) is 3.00. The number of rotatable bonds is 5. The molecule has 0 aliphatic heterocycles. The van der Waals surface area contributed by atoms with Crippen molar-refractivity contribution in [2.45, 2.75) is 6.04 Å². The third-order valence-corrected chi connectivity index (χ3v) is 1.06. The molecule has 0 rings (SSSR count). The van der Waals surface area contributed by atoms with Crippen molar-refractivity contribution in [2.24, 2.45) is 5.73 Å². The van der Waals surface area contributed by atoms with Crippen LogP contribution in [0.25, 0.3) is 0 Å². The van der Waals surface area contributed by atoms with E-state index >= 15 is 0 Å². The maximum atomic E-state index is 8.58. The van der Waals surface area contributed by atoms with Gasteiger partial charge in [-0.2, -0.15) is 0 Å². The predicted molar refractivity (Wildman–Crippen MR) is 38.1 cm³/mol.